The predicted octanol–water partition coefficient (Wildman–Crippen LogP) is 3.56. The fourth-order valence-electron chi connectivity index (χ4n) is 5.79. The van der Waals surface area contributed by atoms with Gasteiger partial charge in [0.25, 0.3) is 0 Å². The van der Waals surface area contributed by atoms with Crippen molar-refractivity contribution in [1.29, 1.82) is 0 Å². The molecular formula is C29H34N2O5. The third kappa shape index (κ3) is 5.53. The molecule has 0 radical (unpaired) electrons. The van der Waals surface area contributed by atoms with Crippen LogP contribution in [0.4, 0.5) is 0 Å². The molecule has 0 spiro atoms. The summed E-state index contributed by atoms with van der Waals surface area (Å²) >= 11 is 0. The average Bonchev–Trinajstić information content (AvgIpc) is 2.83. The summed E-state index contributed by atoms with van der Waals surface area (Å²) in [6.07, 6.45) is 7.43. The highest BCUT2D eigenvalue weighted by atomic mass is 16.5. The number of carbonyl (C=O) groups is 2. The number of hydrogen-bond acceptors (Lipinski definition) is 6. The Bertz CT molecular complexity index is 1160. The second kappa shape index (κ2) is 10.7. The van der Waals surface area contributed by atoms with Gasteiger partial charge in [0.05, 0.1) is 5.60 Å². The number of carbonyl (C=O) groups excluding carboxylic acids is 2. The summed E-state index contributed by atoms with van der Waals surface area (Å²) in [6.45, 7) is 7.20. The molecule has 7 heteroatoms. The minimum absolute atomic E-state index is 0.130. The number of aliphatic hydroxyl groups is 1. The van der Waals surface area contributed by atoms with Crippen LogP contribution in [-0.4, -0.2) is 58.3 Å². The Balaban J connectivity index is 1.58. The molecule has 36 heavy (non-hydrogen) atoms. The molecule has 4 rings (SSSR count). The van der Waals surface area contributed by atoms with Crippen molar-refractivity contribution in [1.82, 2.24) is 10.2 Å². The van der Waals surface area contributed by atoms with Crippen LogP contribution in [0.3, 0.4) is 0 Å². The summed E-state index contributed by atoms with van der Waals surface area (Å²) in [5.41, 5.74) is 0.0426. The summed E-state index contributed by atoms with van der Waals surface area (Å²) in [5.74, 6) is -0.0231. The first-order chi connectivity index (χ1) is 17.2. The minimum Gasteiger partial charge on any atom is -0.508 e. The molecule has 3 N–H and O–H groups in total. The number of hydrogen-bond donors (Lipinski definition) is 3. The maximum atomic E-state index is 12.8. The van der Waals surface area contributed by atoms with Gasteiger partial charge in [0.2, 0.25) is 5.91 Å². The van der Waals surface area contributed by atoms with Crippen molar-refractivity contribution in [2.45, 2.75) is 49.7 Å². The summed E-state index contributed by atoms with van der Waals surface area (Å²) < 4.78 is 5.35. The van der Waals surface area contributed by atoms with Crippen LogP contribution in [0.15, 0.2) is 67.3 Å². The fraction of sp³-hybridized carbons (Fsp3) is 0.379. The first kappa shape index (κ1) is 25.7. The van der Waals surface area contributed by atoms with E-state index in [1.165, 1.54) is 13.0 Å². The van der Waals surface area contributed by atoms with Gasteiger partial charge in [-0.1, -0.05) is 30.3 Å². The van der Waals surface area contributed by atoms with Crippen molar-refractivity contribution in [3.05, 3.63) is 78.4 Å². The van der Waals surface area contributed by atoms with Gasteiger partial charge in [-0.05, 0) is 73.7 Å². The molecule has 2 aliphatic rings. The lowest BCUT2D eigenvalue weighted by molar-refractivity contribution is -0.132. The van der Waals surface area contributed by atoms with E-state index in [0.717, 1.165) is 17.7 Å². The van der Waals surface area contributed by atoms with Crippen molar-refractivity contribution in [2.24, 2.45) is 0 Å². The van der Waals surface area contributed by atoms with E-state index in [2.05, 4.69) is 16.8 Å². The van der Waals surface area contributed by atoms with E-state index < -0.39 is 17.0 Å². The number of fused-ring (bicyclic) bond motifs is 1. The number of phenolic OH excluding ortho intramolecular Hbond substituents is 1. The van der Waals surface area contributed by atoms with Crippen LogP contribution < -0.4 is 10.1 Å². The van der Waals surface area contributed by atoms with Crippen LogP contribution >= 0.6 is 0 Å². The normalized spacial score (nSPS) is 26.2. The van der Waals surface area contributed by atoms with Gasteiger partial charge in [0.1, 0.15) is 11.5 Å². The van der Waals surface area contributed by atoms with E-state index in [0.29, 0.717) is 44.5 Å². The molecule has 0 unspecified atom stereocenters. The van der Waals surface area contributed by atoms with Crippen molar-refractivity contribution >= 4 is 18.0 Å². The number of β-amino-alcohol motifs (C(OH)–C–C–N with tert-alkyl or cyclic N) is 1. The highest BCUT2D eigenvalue weighted by Gasteiger charge is 2.57. The van der Waals surface area contributed by atoms with Crippen molar-refractivity contribution < 1.29 is 24.5 Å². The molecule has 0 aromatic heterocycles. The molecule has 1 amide bonds. The van der Waals surface area contributed by atoms with E-state index >= 15 is 0 Å². The molecule has 190 valence electrons. The zero-order valence-electron chi connectivity index (χ0n) is 20.7. The van der Waals surface area contributed by atoms with Crippen LogP contribution in [0.5, 0.6) is 11.5 Å². The zero-order valence-corrected chi connectivity index (χ0v) is 20.7. The second-order valence-corrected chi connectivity index (χ2v) is 9.89. The van der Waals surface area contributed by atoms with Gasteiger partial charge in [-0.3, -0.25) is 14.5 Å². The zero-order chi connectivity index (χ0) is 25.8. The Morgan fingerprint density at radius 1 is 1.22 bits per heavy atom. The molecule has 1 saturated carbocycles. The Labute approximate surface area is 212 Å². The van der Waals surface area contributed by atoms with E-state index in [1.54, 1.807) is 30.3 Å². The largest absolute Gasteiger partial charge is 0.508 e. The number of nitrogens with one attached hydrogen (secondary N) is 1. The minimum atomic E-state index is -0.998. The van der Waals surface area contributed by atoms with Gasteiger partial charge in [0, 0.05) is 37.5 Å². The number of aromatic hydroxyl groups is 1. The van der Waals surface area contributed by atoms with E-state index in [9.17, 15) is 19.8 Å². The molecule has 1 aliphatic heterocycles. The van der Waals surface area contributed by atoms with Gasteiger partial charge < -0.3 is 20.3 Å². The Morgan fingerprint density at radius 2 is 2.03 bits per heavy atom. The quantitative estimate of drug-likeness (QED) is 0.238. The Morgan fingerprint density at radius 3 is 2.78 bits per heavy atom. The number of phenols is 1. The van der Waals surface area contributed by atoms with Gasteiger partial charge in [-0.25, -0.2) is 0 Å². The van der Waals surface area contributed by atoms with Gasteiger partial charge in [-0.2, -0.15) is 0 Å². The van der Waals surface area contributed by atoms with Gasteiger partial charge in [0.15, 0.2) is 0 Å². The van der Waals surface area contributed by atoms with Crippen molar-refractivity contribution in [3.63, 3.8) is 0 Å². The van der Waals surface area contributed by atoms with E-state index in [4.69, 9.17) is 4.74 Å². The summed E-state index contributed by atoms with van der Waals surface area (Å²) in [7, 11) is 0. The number of benzene rings is 2. The molecule has 1 heterocycles. The number of amides is 1. The lowest BCUT2D eigenvalue weighted by Gasteiger charge is -2.58. The van der Waals surface area contributed by atoms with Crippen LogP contribution in [0.2, 0.25) is 0 Å². The molecule has 1 aliphatic carbocycles. The van der Waals surface area contributed by atoms with Crippen molar-refractivity contribution in [3.8, 4) is 11.5 Å². The summed E-state index contributed by atoms with van der Waals surface area (Å²) in [4.78, 5) is 26.5. The maximum Gasteiger partial charge on any atom is 0.308 e. The number of likely N-dealkylation sites (tertiary alicyclic amines) is 1. The SMILES string of the molecule is C=CCN1CC[C@@]2(c3cccc(OC(C)=O)c3)C[C@H](NC(=O)C=Cc3cccc(O)c3)CC[C@]2(O)C1. The summed E-state index contributed by atoms with van der Waals surface area (Å²) in [6, 6.07) is 14.0. The third-order valence-corrected chi connectivity index (χ3v) is 7.41. The lowest BCUT2D eigenvalue weighted by Crippen LogP contribution is -2.67. The molecule has 2 aromatic carbocycles. The fourth-order valence-corrected chi connectivity index (χ4v) is 5.79. The predicted molar refractivity (Wildman–Crippen MR) is 139 cm³/mol. The second-order valence-electron chi connectivity index (χ2n) is 9.89. The standard InChI is InChI=1S/C29H34N2O5/c1-3-15-31-16-14-28(23-7-5-9-26(18-23)36-21(2)32)19-24(12-13-29(28,35)20-31)30-27(34)11-10-22-6-4-8-25(33)17-22/h3-11,17-18,24,33,35H,1,12-16,19-20H2,2H3,(H,30,34)/t24-,28+,29+/m1/s1. The number of nitrogens with zero attached hydrogens (tertiary/aromatic N) is 1. The molecule has 3 atom stereocenters. The van der Waals surface area contributed by atoms with Crippen LogP contribution in [0.1, 0.15) is 43.7 Å². The Hall–Kier alpha value is -3.42. The van der Waals surface area contributed by atoms with Crippen molar-refractivity contribution in [2.75, 3.05) is 19.6 Å². The number of ether oxygens (including phenoxy) is 1. The van der Waals surface area contributed by atoms with Gasteiger partial charge in [-0.15, -0.1) is 6.58 Å². The third-order valence-electron chi connectivity index (χ3n) is 7.41. The molecular weight excluding hydrogens is 456 g/mol. The van der Waals surface area contributed by atoms with Crippen LogP contribution in [0, 0.1) is 0 Å². The van der Waals surface area contributed by atoms with Gasteiger partial charge >= 0.3 is 5.97 Å². The van der Waals surface area contributed by atoms with Crippen LogP contribution in [-0.2, 0) is 15.0 Å². The average molecular weight is 491 g/mol. The molecule has 1 saturated heterocycles. The number of esters is 1. The smallest absolute Gasteiger partial charge is 0.308 e. The maximum absolute atomic E-state index is 12.8. The Kier molecular flexibility index (Phi) is 7.62. The highest BCUT2D eigenvalue weighted by molar-refractivity contribution is 5.92. The first-order valence-corrected chi connectivity index (χ1v) is 12.4. The van der Waals surface area contributed by atoms with Crippen LogP contribution in [0.25, 0.3) is 6.08 Å². The topological polar surface area (TPSA) is 99.1 Å². The molecule has 2 aromatic rings. The molecule has 2 fully saturated rings. The summed E-state index contributed by atoms with van der Waals surface area (Å²) in [5, 5.41) is 24.8. The lowest BCUT2D eigenvalue weighted by atomic mass is 9.55. The molecule has 0 bridgehead atoms. The highest BCUT2D eigenvalue weighted by Crippen LogP contribution is 2.52. The first-order valence-electron chi connectivity index (χ1n) is 12.4. The number of piperidine rings is 1. The monoisotopic (exact) mass is 490 g/mol. The van der Waals surface area contributed by atoms with E-state index in [-0.39, 0.29) is 17.7 Å². The van der Waals surface area contributed by atoms with E-state index in [1.807, 2.05) is 30.3 Å². The molecule has 7 nitrogen and oxygen atoms in total. The number of rotatable bonds is 7.